The van der Waals surface area contributed by atoms with Crippen molar-refractivity contribution in [3.63, 3.8) is 0 Å². The Hall–Kier alpha value is -2.50. The summed E-state index contributed by atoms with van der Waals surface area (Å²) in [4.78, 5) is 26.2. The van der Waals surface area contributed by atoms with Crippen molar-refractivity contribution in [3.05, 3.63) is 71.8 Å². The number of halogens is 1. The van der Waals surface area contributed by atoms with Crippen molar-refractivity contribution in [1.82, 2.24) is 4.90 Å². The van der Waals surface area contributed by atoms with Gasteiger partial charge in [0.2, 0.25) is 0 Å². The van der Waals surface area contributed by atoms with Crippen LogP contribution in [0.5, 0.6) is 0 Å². The molecule has 0 saturated carbocycles. The first kappa shape index (κ1) is 31.7. The van der Waals surface area contributed by atoms with Gasteiger partial charge >= 0.3 is 12.1 Å². The average molecular weight is 597 g/mol. The van der Waals surface area contributed by atoms with Crippen molar-refractivity contribution in [2.24, 2.45) is 0 Å². The van der Waals surface area contributed by atoms with Crippen LogP contribution in [0.1, 0.15) is 31.9 Å². The van der Waals surface area contributed by atoms with E-state index < -0.39 is 28.7 Å². The lowest BCUT2D eigenvalue weighted by atomic mass is 10.2. The van der Waals surface area contributed by atoms with Gasteiger partial charge in [-0.2, -0.15) is 0 Å². The number of nitrogens with zero attached hydrogens (tertiary/aromatic N) is 1. The molecule has 0 amide bonds. The highest BCUT2D eigenvalue weighted by Crippen LogP contribution is 2.18. The van der Waals surface area contributed by atoms with E-state index in [4.69, 9.17) is 23.7 Å². The molecule has 10 heteroatoms. The summed E-state index contributed by atoms with van der Waals surface area (Å²) in [5.74, 6) is -0.414. The fourth-order valence-corrected chi connectivity index (χ4v) is 3.36. The minimum atomic E-state index is -0.893. The third-order valence-electron chi connectivity index (χ3n) is 5.18. The number of carbonyl (C=O) groups is 2. The molecule has 0 spiro atoms. The molecule has 0 aliphatic carbocycles. The number of ether oxygens (including phenoxy) is 5. The standard InChI is InChI=1S/C28H38BrNO8/c1-22(37-26(32)28(2,3)29)16-30(14-15-31)21-36-27(33)38-25(19-34-17-23-10-6-4-7-11-23)20-35-18-24-12-8-5-9-13-24/h4-13,22,25,31H,14-21H2,1-3H3. The SMILES string of the molecule is CC(CN(CCO)COC(=O)OC(COCc1ccccc1)COCc1ccccc1)OC(=O)C(C)(C)Br. The first-order valence-electron chi connectivity index (χ1n) is 12.5. The number of rotatable bonds is 17. The maximum Gasteiger partial charge on any atom is 0.510 e. The largest absolute Gasteiger partial charge is 0.510 e. The van der Waals surface area contributed by atoms with Gasteiger partial charge in [0, 0.05) is 13.1 Å². The molecule has 0 aliphatic rings. The van der Waals surface area contributed by atoms with Crippen LogP contribution in [0, 0.1) is 0 Å². The molecule has 0 fully saturated rings. The molecule has 2 aromatic carbocycles. The fourth-order valence-electron chi connectivity index (χ4n) is 3.27. The van der Waals surface area contributed by atoms with Gasteiger partial charge in [-0.15, -0.1) is 0 Å². The van der Waals surface area contributed by atoms with E-state index in [9.17, 15) is 14.7 Å². The van der Waals surface area contributed by atoms with E-state index in [2.05, 4.69) is 15.9 Å². The monoisotopic (exact) mass is 595 g/mol. The molecule has 2 aromatic rings. The molecule has 0 bridgehead atoms. The van der Waals surface area contributed by atoms with Gasteiger partial charge < -0.3 is 28.8 Å². The van der Waals surface area contributed by atoms with Crippen LogP contribution in [0.15, 0.2) is 60.7 Å². The Morgan fingerprint density at radius 1 is 0.921 bits per heavy atom. The van der Waals surface area contributed by atoms with Crippen LogP contribution in [-0.4, -0.2) is 78.3 Å². The summed E-state index contributed by atoms with van der Waals surface area (Å²) in [6.45, 7) is 6.23. The molecule has 38 heavy (non-hydrogen) atoms. The number of benzene rings is 2. The molecular formula is C28H38BrNO8. The summed E-state index contributed by atoms with van der Waals surface area (Å²) in [5, 5.41) is 9.39. The van der Waals surface area contributed by atoms with Crippen LogP contribution in [0.3, 0.4) is 0 Å². The third kappa shape index (κ3) is 13.3. The number of aliphatic hydroxyl groups excluding tert-OH is 1. The molecule has 2 rings (SSSR count). The smallest absolute Gasteiger partial charge is 0.460 e. The highest BCUT2D eigenvalue weighted by atomic mass is 79.9. The lowest BCUT2D eigenvalue weighted by molar-refractivity contribution is -0.151. The van der Waals surface area contributed by atoms with E-state index >= 15 is 0 Å². The van der Waals surface area contributed by atoms with Gasteiger partial charge in [0.15, 0.2) is 6.10 Å². The van der Waals surface area contributed by atoms with Crippen LogP contribution < -0.4 is 0 Å². The Morgan fingerprint density at radius 3 is 1.92 bits per heavy atom. The minimum Gasteiger partial charge on any atom is -0.460 e. The molecule has 9 nitrogen and oxygen atoms in total. The Balaban J connectivity index is 1.86. The molecule has 210 valence electrons. The van der Waals surface area contributed by atoms with E-state index in [-0.39, 0.29) is 39.6 Å². The van der Waals surface area contributed by atoms with Crippen LogP contribution in [0.4, 0.5) is 4.79 Å². The Labute approximate surface area is 233 Å². The Bertz CT molecular complexity index is 893. The summed E-state index contributed by atoms with van der Waals surface area (Å²) in [7, 11) is 0. The molecule has 0 heterocycles. The quantitative estimate of drug-likeness (QED) is 0.163. The van der Waals surface area contributed by atoms with Gasteiger partial charge in [-0.05, 0) is 31.9 Å². The normalized spacial score (nSPS) is 12.4. The highest BCUT2D eigenvalue weighted by molar-refractivity contribution is 9.10. The number of esters is 1. The average Bonchev–Trinajstić information content (AvgIpc) is 2.88. The summed E-state index contributed by atoms with van der Waals surface area (Å²) < 4.78 is 26.9. The molecule has 0 aromatic heterocycles. The third-order valence-corrected chi connectivity index (χ3v) is 5.51. The summed E-state index contributed by atoms with van der Waals surface area (Å²) in [5.41, 5.74) is 1.99. The number of alkyl halides is 1. The Morgan fingerprint density at radius 2 is 1.45 bits per heavy atom. The maximum absolute atomic E-state index is 12.5. The molecule has 1 unspecified atom stereocenters. The topological polar surface area (TPSA) is 104 Å². The van der Waals surface area contributed by atoms with Crippen molar-refractivity contribution in [1.29, 1.82) is 0 Å². The van der Waals surface area contributed by atoms with Gasteiger partial charge in [0.05, 0.1) is 33.0 Å². The van der Waals surface area contributed by atoms with Crippen molar-refractivity contribution >= 4 is 28.1 Å². The van der Waals surface area contributed by atoms with Gasteiger partial charge in [0.25, 0.3) is 0 Å². The number of carbonyl (C=O) groups excluding carboxylic acids is 2. The predicted octanol–water partition coefficient (Wildman–Crippen LogP) is 4.30. The first-order chi connectivity index (χ1) is 18.2. The van der Waals surface area contributed by atoms with E-state index in [0.717, 1.165) is 11.1 Å². The van der Waals surface area contributed by atoms with Crippen molar-refractivity contribution in [2.75, 3.05) is 39.6 Å². The van der Waals surface area contributed by atoms with Gasteiger partial charge in [0.1, 0.15) is 17.2 Å². The van der Waals surface area contributed by atoms with Crippen LogP contribution in [-0.2, 0) is 41.7 Å². The number of aliphatic hydroxyl groups is 1. The lowest BCUT2D eigenvalue weighted by Crippen LogP contribution is -2.40. The summed E-state index contributed by atoms with van der Waals surface area (Å²) >= 11 is 3.27. The van der Waals surface area contributed by atoms with Crippen LogP contribution >= 0.6 is 15.9 Å². The van der Waals surface area contributed by atoms with Crippen molar-refractivity contribution in [2.45, 2.75) is 50.5 Å². The van der Waals surface area contributed by atoms with Crippen LogP contribution in [0.25, 0.3) is 0 Å². The second-order valence-corrected chi connectivity index (χ2v) is 11.2. The molecular weight excluding hydrogens is 558 g/mol. The summed E-state index contributed by atoms with van der Waals surface area (Å²) in [6, 6.07) is 19.3. The van der Waals surface area contributed by atoms with Gasteiger partial charge in [-0.25, -0.2) is 4.79 Å². The first-order valence-corrected chi connectivity index (χ1v) is 13.3. The second kappa shape index (κ2) is 17.2. The van der Waals surface area contributed by atoms with Gasteiger partial charge in [-0.3, -0.25) is 9.69 Å². The highest BCUT2D eigenvalue weighted by Gasteiger charge is 2.28. The van der Waals surface area contributed by atoms with Crippen LogP contribution in [0.2, 0.25) is 0 Å². The molecule has 1 N–H and O–H groups in total. The minimum absolute atomic E-state index is 0.119. The van der Waals surface area contributed by atoms with E-state index in [0.29, 0.717) is 13.2 Å². The van der Waals surface area contributed by atoms with Crippen molar-refractivity contribution in [3.8, 4) is 0 Å². The molecule has 0 saturated heterocycles. The molecule has 0 radical (unpaired) electrons. The number of hydrogen-bond acceptors (Lipinski definition) is 9. The second-order valence-electron chi connectivity index (χ2n) is 9.25. The predicted molar refractivity (Wildman–Crippen MR) is 146 cm³/mol. The van der Waals surface area contributed by atoms with E-state index in [1.54, 1.807) is 25.7 Å². The van der Waals surface area contributed by atoms with E-state index in [1.807, 2.05) is 60.7 Å². The molecule has 1 atom stereocenters. The summed E-state index contributed by atoms with van der Waals surface area (Å²) in [6.07, 6.45) is -2.07. The zero-order valence-corrected chi connectivity index (χ0v) is 23.8. The van der Waals surface area contributed by atoms with Crippen molar-refractivity contribution < 1.29 is 38.4 Å². The zero-order chi connectivity index (χ0) is 27.8. The fraction of sp³-hybridized carbons (Fsp3) is 0.500. The zero-order valence-electron chi connectivity index (χ0n) is 22.2. The van der Waals surface area contributed by atoms with E-state index in [1.165, 1.54) is 0 Å². The molecule has 0 aliphatic heterocycles. The Kier molecular flexibility index (Phi) is 14.3. The number of hydrogen-bond donors (Lipinski definition) is 1. The maximum atomic E-state index is 12.5. The lowest BCUT2D eigenvalue weighted by Gasteiger charge is -2.26. The van der Waals surface area contributed by atoms with Gasteiger partial charge in [-0.1, -0.05) is 76.6 Å².